The average Bonchev–Trinajstić information content (AvgIpc) is 2.09. The summed E-state index contributed by atoms with van der Waals surface area (Å²) in [5, 5.41) is 8.89. The predicted octanol–water partition coefficient (Wildman–Crippen LogP) is 2.00. The monoisotopic (exact) mass is 174 g/mol. The lowest BCUT2D eigenvalue weighted by molar-refractivity contribution is 0.641. The summed E-state index contributed by atoms with van der Waals surface area (Å²) in [5.41, 5.74) is 8.08. The van der Waals surface area contributed by atoms with E-state index in [9.17, 15) is 0 Å². The topological polar surface area (TPSA) is 49.8 Å². The molecule has 0 aliphatic carbocycles. The van der Waals surface area contributed by atoms with Crippen molar-refractivity contribution in [2.45, 2.75) is 26.3 Å². The molecular weight excluding hydrogens is 160 g/mol. The fourth-order valence-electron chi connectivity index (χ4n) is 1.36. The van der Waals surface area contributed by atoms with Crippen LogP contribution in [0, 0.1) is 25.2 Å². The van der Waals surface area contributed by atoms with E-state index in [4.69, 9.17) is 11.0 Å². The summed E-state index contributed by atoms with van der Waals surface area (Å²) in [6.45, 7) is 5.70. The molecule has 2 heteroatoms. The third kappa shape index (κ3) is 1.88. The molecule has 2 nitrogen and oxygen atoms in total. The number of hydrogen-bond acceptors (Lipinski definition) is 2. The molecular formula is C11H14N2. The molecule has 0 saturated carbocycles. The van der Waals surface area contributed by atoms with Crippen LogP contribution < -0.4 is 5.73 Å². The van der Waals surface area contributed by atoms with Crippen molar-refractivity contribution >= 4 is 0 Å². The van der Waals surface area contributed by atoms with Crippen molar-refractivity contribution in [1.82, 2.24) is 0 Å². The Morgan fingerprint density at radius 1 is 1.38 bits per heavy atom. The summed E-state index contributed by atoms with van der Waals surface area (Å²) in [6.07, 6.45) is 0. The smallest absolute Gasteiger partial charge is 0.127 e. The van der Waals surface area contributed by atoms with Gasteiger partial charge in [0.05, 0.1) is 6.07 Å². The quantitative estimate of drug-likeness (QED) is 0.708. The molecule has 0 amide bonds. The van der Waals surface area contributed by atoms with Gasteiger partial charge in [0.15, 0.2) is 0 Å². The van der Waals surface area contributed by atoms with Crippen LogP contribution in [0.1, 0.15) is 23.6 Å². The van der Waals surface area contributed by atoms with Crippen molar-refractivity contribution in [3.05, 3.63) is 34.9 Å². The van der Waals surface area contributed by atoms with Gasteiger partial charge in [0, 0.05) is 0 Å². The molecule has 0 radical (unpaired) electrons. The van der Waals surface area contributed by atoms with Gasteiger partial charge in [-0.2, -0.15) is 5.26 Å². The first-order valence-electron chi connectivity index (χ1n) is 4.25. The molecule has 2 N–H and O–H groups in total. The molecule has 0 heterocycles. The SMILES string of the molecule is Cc1ccc(C)c([C@@](C)(N)C#N)c1. The Morgan fingerprint density at radius 2 is 2.00 bits per heavy atom. The van der Waals surface area contributed by atoms with Crippen LogP contribution in [0.15, 0.2) is 18.2 Å². The number of benzene rings is 1. The van der Waals surface area contributed by atoms with Crippen molar-refractivity contribution in [1.29, 1.82) is 5.26 Å². The van der Waals surface area contributed by atoms with Crippen LogP contribution in [0.5, 0.6) is 0 Å². The number of nitrogens with two attached hydrogens (primary N) is 1. The zero-order valence-electron chi connectivity index (χ0n) is 8.26. The Balaban J connectivity index is 3.30. The van der Waals surface area contributed by atoms with Crippen LogP contribution >= 0.6 is 0 Å². The zero-order chi connectivity index (χ0) is 10.1. The fourth-order valence-corrected chi connectivity index (χ4v) is 1.36. The highest BCUT2D eigenvalue weighted by molar-refractivity contribution is 5.39. The molecule has 1 aromatic carbocycles. The van der Waals surface area contributed by atoms with Crippen LogP contribution in [0.4, 0.5) is 0 Å². The molecule has 0 spiro atoms. The fraction of sp³-hybridized carbons (Fsp3) is 0.364. The summed E-state index contributed by atoms with van der Waals surface area (Å²) in [5.74, 6) is 0. The van der Waals surface area contributed by atoms with E-state index in [0.717, 1.165) is 16.7 Å². The molecule has 0 aromatic heterocycles. The minimum absolute atomic E-state index is 0.879. The van der Waals surface area contributed by atoms with Crippen LogP contribution in [-0.4, -0.2) is 0 Å². The maximum atomic E-state index is 8.89. The summed E-state index contributed by atoms with van der Waals surface area (Å²) >= 11 is 0. The van der Waals surface area contributed by atoms with Crippen LogP contribution in [-0.2, 0) is 5.54 Å². The van der Waals surface area contributed by atoms with E-state index in [-0.39, 0.29) is 0 Å². The minimum atomic E-state index is -0.879. The number of rotatable bonds is 1. The molecule has 0 unspecified atom stereocenters. The summed E-state index contributed by atoms with van der Waals surface area (Å²) in [7, 11) is 0. The first-order valence-corrected chi connectivity index (χ1v) is 4.25. The maximum Gasteiger partial charge on any atom is 0.127 e. The molecule has 1 rings (SSSR count). The van der Waals surface area contributed by atoms with Crippen LogP contribution in [0.2, 0.25) is 0 Å². The Morgan fingerprint density at radius 3 is 2.54 bits per heavy atom. The second-order valence-electron chi connectivity index (χ2n) is 3.63. The Hall–Kier alpha value is -1.33. The summed E-state index contributed by atoms with van der Waals surface area (Å²) in [4.78, 5) is 0. The Kier molecular flexibility index (Phi) is 2.40. The number of hydrogen-bond donors (Lipinski definition) is 1. The summed E-state index contributed by atoms with van der Waals surface area (Å²) < 4.78 is 0. The molecule has 0 saturated heterocycles. The van der Waals surface area contributed by atoms with E-state index in [1.807, 2.05) is 32.0 Å². The molecule has 68 valence electrons. The lowest BCUT2D eigenvalue weighted by Crippen LogP contribution is -2.31. The van der Waals surface area contributed by atoms with Crippen molar-refractivity contribution in [2.75, 3.05) is 0 Å². The summed E-state index contributed by atoms with van der Waals surface area (Å²) in [6, 6.07) is 8.09. The standard InChI is InChI=1S/C11H14N2/c1-8-4-5-9(2)10(6-8)11(3,13)7-12/h4-6H,13H2,1-3H3/t11-/m0/s1. The second-order valence-corrected chi connectivity index (χ2v) is 3.63. The van der Waals surface area contributed by atoms with Crippen molar-refractivity contribution in [2.24, 2.45) is 5.73 Å². The van der Waals surface area contributed by atoms with Gasteiger partial charge in [0.2, 0.25) is 0 Å². The molecule has 0 aliphatic rings. The first-order chi connectivity index (χ1) is 5.97. The molecule has 1 aromatic rings. The molecule has 0 fully saturated rings. The van der Waals surface area contributed by atoms with E-state index in [0.29, 0.717) is 0 Å². The lowest BCUT2D eigenvalue weighted by atomic mass is 9.90. The van der Waals surface area contributed by atoms with Gasteiger partial charge in [0.25, 0.3) is 0 Å². The Labute approximate surface area is 79.0 Å². The molecule has 0 bridgehead atoms. The van der Waals surface area contributed by atoms with Gasteiger partial charge < -0.3 is 5.73 Å². The van der Waals surface area contributed by atoms with Gasteiger partial charge in [-0.1, -0.05) is 23.8 Å². The van der Waals surface area contributed by atoms with E-state index in [1.54, 1.807) is 6.92 Å². The zero-order valence-corrected chi connectivity index (χ0v) is 8.26. The number of nitriles is 1. The predicted molar refractivity (Wildman–Crippen MR) is 53.1 cm³/mol. The minimum Gasteiger partial charge on any atom is -0.310 e. The van der Waals surface area contributed by atoms with Gasteiger partial charge in [-0.3, -0.25) is 0 Å². The highest BCUT2D eigenvalue weighted by atomic mass is 14.7. The molecule has 0 aliphatic heterocycles. The lowest BCUT2D eigenvalue weighted by Gasteiger charge is -2.18. The van der Waals surface area contributed by atoms with Gasteiger partial charge in [0.1, 0.15) is 5.54 Å². The first kappa shape index (κ1) is 9.76. The normalized spacial score (nSPS) is 14.7. The third-order valence-electron chi connectivity index (χ3n) is 2.18. The van der Waals surface area contributed by atoms with E-state index in [2.05, 4.69) is 6.07 Å². The Bertz CT molecular complexity index is 359. The maximum absolute atomic E-state index is 8.89. The van der Waals surface area contributed by atoms with Crippen LogP contribution in [0.25, 0.3) is 0 Å². The third-order valence-corrected chi connectivity index (χ3v) is 2.18. The number of aryl methyl sites for hydroxylation is 2. The number of nitrogens with zero attached hydrogens (tertiary/aromatic N) is 1. The van der Waals surface area contributed by atoms with Crippen molar-refractivity contribution < 1.29 is 0 Å². The van der Waals surface area contributed by atoms with Crippen molar-refractivity contribution in [3.8, 4) is 6.07 Å². The van der Waals surface area contributed by atoms with Gasteiger partial charge in [-0.25, -0.2) is 0 Å². The highest BCUT2D eigenvalue weighted by Crippen LogP contribution is 2.21. The van der Waals surface area contributed by atoms with Gasteiger partial charge in [-0.05, 0) is 31.9 Å². The second kappa shape index (κ2) is 3.20. The van der Waals surface area contributed by atoms with Gasteiger partial charge >= 0.3 is 0 Å². The van der Waals surface area contributed by atoms with Gasteiger partial charge in [-0.15, -0.1) is 0 Å². The van der Waals surface area contributed by atoms with E-state index < -0.39 is 5.54 Å². The van der Waals surface area contributed by atoms with E-state index >= 15 is 0 Å². The van der Waals surface area contributed by atoms with Crippen molar-refractivity contribution in [3.63, 3.8) is 0 Å². The highest BCUT2D eigenvalue weighted by Gasteiger charge is 2.22. The largest absolute Gasteiger partial charge is 0.310 e. The van der Waals surface area contributed by atoms with E-state index in [1.165, 1.54) is 0 Å². The molecule has 13 heavy (non-hydrogen) atoms. The average molecular weight is 174 g/mol. The van der Waals surface area contributed by atoms with Crippen LogP contribution in [0.3, 0.4) is 0 Å². The molecule has 1 atom stereocenters.